The number of carbonyl (C=O) groups excluding carboxylic acids is 5. The molecule has 21 heteroatoms. The fourth-order valence-electron chi connectivity index (χ4n) is 15.3. The van der Waals surface area contributed by atoms with E-state index in [1.54, 1.807) is 16.7 Å². The third-order valence-electron chi connectivity index (χ3n) is 20.4. The molecule has 528 valence electrons. The molecular formula is C76H107N9O12. The SMILES string of the molecule is CC(=O)N1CCC2(CC1)CN(C(=O)OC(C)(C)C)c1ccc(CN3CCOCC3)cc12.CC(C)(C)OC(=O)N1CC2(CCN(C(=O)OCc3ccccc3)CC2)c2cc(CN3CCOCC3)ccc21.CC(C)(C)OC(=O)N1CC2(CCNCC2)c2cc(CN3CCOCC3)ccc21. The smallest absolute Gasteiger partial charge is 0.414 e. The van der Waals surface area contributed by atoms with Crippen LogP contribution in [0, 0.1) is 0 Å². The molecule has 6 saturated heterocycles. The van der Waals surface area contributed by atoms with Crippen molar-refractivity contribution in [3.8, 4) is 0 Å². The maximum absolute atomic E-state index is 13.2. The summed E-state index contributed by atoms with van der Waals surface area (Å²) in [6.07, 6.45) is 4.24. The van der Waals surface area contributed by atoms with Crippen molar-refractivity contribution in [2.24, 2.45) is 0 Å². The molecule has 0 aromatic heterocycles. The Hall–Kier alpha value is -6.85. The van der Waals surface area contributed by atoms with Crippen molar-refractivity contribution in [2.45, 2.75) is 167 Å². The van der Waals surface area contributed by atoms with Gasteiger partial charge < -0.3 is 48.3 Å². The highest BCUT2D eigenvalue weighted by Crippen LogP contribution is 2.51. The van der Waals surface area contributed by atoms with Crippen molar-refractivity contribution in [2.75, 3.05) is 153 Å². The zero-order valence-electron chi connectivity index (χ0n) is 59.5. The normalized spacial score (nSPS) is 20.8. The molecule has 6 fully saturated rings. The summed E-state index contributed by atoms with van der Waals surface area (Å²) in [6.45, 7) is 38.6. The molecular weight excluding hydrogens is 1230 g/mol. The van der Waals surface area contributed by atoms with Gasteiger partial charge in [-0.25, -0.2) is 19.2 Å². The number of amides is 5. The molecule has 0 atom stereocenters. The second-order valence-electron chi connectivity index (χ2n) is 31.0. The van der Waals surface area contributed by atoms with Gasteiger partial charge in [0.1, 0.15) is 23.4 Å². The molecule has 4 aromatic rings. The summed E-state index contributed by atoms with van der Waals surface area (Å²) in [5, 5.41) is 3.47. The molecule has 0 radical (unpaired) electrons. The molecule has 4 aromatic carbocycles. The number of morpholine rings is 3. The van der Waals surface area contributed by atoms with Crippen molar-refractivity contribution in [1.82, 2.24) is 29.8 Å². The Balaban J connectivity index is 0.000000149. The van der Waals surface area contributed by atoms with E-state index in [4.69, 9.17) is 33.2 Å². The van der Waals surface area contributed by atoms with Crippen LogP contribution in [-0.4, -0.2) is 209 Å². The lowest BCUT2D eigenvalue weighted by atomic mass is 9.74. The van der Waals surface area contributed by atoms with Gasteiger partial charge >= 0.3 is 24.4 Å². The summed E-state index contributed by atoms with van der Waals surface area (Å²) in [6, 6.07) is 29.4. The van der Waals surface area contributed by atoms with Gasteiger partial charge in [0.15, 0.2) is 0 Å². The standard InChI is InChI=1S/C30H39N3O5.C24H35N3O4.C22H33N3O3/c1-29(2,3)38-28(35)33-22-30(25-19-24(9-10-26(25)33)20-31-15-17-36-18-16-31)11-13-32(14-12-30)27(34)37-21-23-7-5-4-6-8-23;1-18(28)26-9-7-24(8-10-26)17-27(22(29)31-23(2,3)4)21-6-5-19(15-20(21)24)16-25-11-13-30-14-12-25;1-21(2,3)28-20(26)25-16-22(6-8-23-9-7-22)18-14-17(4-5-19(18)25)15-24-10-12-27-13-11-24/h4-10,19H,11-18,20-22H2,1-3H3;5-6,15H,7-14,16-17H2,1-4H3;4-5,14,23H,6-13,15-16H2,1-3H3. The van der Waals surface area contributed by atoms with E-state index < -0.39 is 16.8 Å². The number of benzene rings is 4. The summed E-state index contributed by atoms with van der Waals surface area (Å²) in [7, 11) is 0. The van der Waals surface area contributed by atoms with E-state index in [0.717, 1.165) is 192 Å². The van der Waals surface area contributed by atoms with Crippen molar-refractivity contribution in [1.29, 1.82) is 0 Å². The zero-order valence-corrected chi connectivity index (χ0v) is 59.5. The van der Waals surface area contributed by atoms with E-state index in [-0.39, 0.29) is 53.1 Å². The van der Waals surface area contributed by atoms with Crippen LogP contribution < -0.4 is 20.0 Å². The van der Waals surface area contributed by atoms with Crippen LogP contribution in [-0.2, 0) is 80.4 Å². The Labute approximate surface area is 575 Å². The highest BCUT2D eigenvalue weighted by Gasteiger charge is 2.51. The molecule has 9 aliphatic heterocycles. The summed E-state index contributed by atoms with van der Waals surface area (Å²) >= 11 is 0. The Morgan fingerprint density at radius 2 is 0.742 bits per heavy atom. The third-order valence-corrected chi connectivity index (χ3v) is 20.4. The minimum atomic E-state index is -0.574. The van der Waals surface area contributed by atoms with Crippen LogP contribution >= 0.6 is 0 Å². The second kappa shape index (κ2) is 30.3. The second-order valence-corrected chi connectivity index (χ2v) is 31.0. The number of fused-ring (bicyclic) bond motifs is 6. The molecule has 0 unspecified atom stereocenters. The van der Waals surface area contributed by atoms with E-state index in [1.807, 2.05) is 107 Å². The average molecular weight is 1340 g/mol. The first-order valence-electron chi connectivity index (χ1n) is 35.5. The van der Waals surface area contributed by atoms with Crippen molar-refractivity contribution in [3.05, 3.63) is 124 Å². The zero-order chi connectivity index (χ0) is 68.8. The topological polar surface area (TPSA) is 188 Å². The molecule has 97 heavy (non-hydrogen) atoms. The fourth-order valence-corrected chi connectivity index (χ4v) is 15.3. The Bertz CT molecular complexity index is 3380. The van der Waals surface area contributed by atoms with Gasteiger partial charge in [0.05, 0.1) is 56.7 Å². The number of likely N-dealkylation sites (tertiary alicyclic amines) is 2. The van der Waals surface area contributed by atoms with E-state index in [1.165, 1.54) is 33.4 Å². The van der Waals surface area contributed by atoms with Crippen LogP contribution in [0.4, 0.5) is 36.2 Å². The minimum Gasteiger partial charge on any atom is -0.445 e. The molecule has 21 nitrogen and oxygen atoms in total. The lowest BCUT2D eigenvalue weighted by Gasteiger charge is -2.39. The van der Waals surface area contributed by atoms with Crippen LogP contribution in [0.3, 0.4) is 0 Å². The van der Waals surface area contributed by atoms with Gasteiger partial charge in [-0.3, -0.25) is 34.2 Å². The van der Waals surface area contributed by atoms with Crippen molar-refractivity contribution < 1.29 is 57.1 Å². The third kappa shape index (κ3) is 17.8. The van der Waals surface area contributed by atoms with Gasteiger partial charge in [-0.15, -0.1) is 0 Å². The van der Waals surface area contributed by atoms with Crippen LogP contribution in [0.2, 0.25) is 0 Å². The number of nitrogens with one attached hydrogen (secondary N) is 1. The lowest BCUT2D eigenvalue weighted by molar-refractivity contribution is -0.130. The van der Waals surface area contributed by atoms with Gasteiger partial charge in [0.2, 0.25) is 5.91 Å². The van der Waals surface area contributed by atoms with Crippen LogP contribution in [0.5, 0.6) is 0 Å². The first kappa shape index (κ1) is 71.4. The number of hydrogen-bond donors (Lipinski definition) is 1. The number of hydrogen-bond acceptors (Lipinski definition) is 16. The maximum Gasteiger partial charge on any atom is 0.414 e. The molecule has 3 spiro atoms. The molecule has 13 rings (SSSR count). The summed E-state index contributed by atoms with van der Waals surface area (Å²) in [4.78, 5) is 80.3. The molecule has 9 aliphatic rings. The van der Waals surface area contributed by atoms with Crippen LogP contribution in [0.25, 0.3) is 0 Å². The number of ether oxygens (including phenoxy) is 7. The molecule has 0 aliphatic carbocycles. The van der Waals surface area contributed by atoms with Crippen molar-refractivity contribution in [3.63, 3.8) is 0 Å². The van der Waals surface area contributed by atoms with Gasteiger partial charge in [-0.1, -0.05) is 66.7 Å². The van der Waals surface area contributed by atoms with Crippen LogP contribution in [0.15, 0.2) is 84.9 Å². The fraction of sp³-hybridized carbons (Fsp3) is 0.618. The predicted molar refractivity (Wildman–Crippen MR) is 374 cm³/mol. The summed E-state index contributed by atoms with van der Waals surface area (Å²) in [5.74, 6) is 0.123. The first-order chi connectivity index (χ1) is 46.3. The monoisotopic (exact) mass is 1340 g/mol. The maximum atomic E-state index is 13.2. The van der Waals surface area contributed by atoms with E-state index in [2.05, 4.69) is 74.6 Å². The number of nitrogens with zero attached hydrogens (tertiary/aromatic N) is 8. The summed E-state index contributed by atoms with van der Waals surface area (Å²) < 4.78 is 39.3. The molecule has 1 N–H and O–H groups in total. The molecule has 0 saturated carbocycles. The van der Waals surface area contributed by atoms with Gasteiger partial charge in [-0.05, 0) is 171 Å². The quantitative estimate of drug-likeness (QED) is 0.164. The van der Waals surface area contributed by atoms with Gasteiger partial charge in [-0.2, -0.15) is 0 Å². The number of carbonyl (C=O) groups is 5. The molecule has 5 amide bonds. The van der Waals surface area contributed by atoms with Crippen molar-refractivity contribution >= 4 is 47.3 Å². The van der Waals surface area contributed by atoms with E-state index >= 15 is 0 Å². The van der Waals surface area contributed by atoms with E-state index in [0.29, 0.717) is 26.2 Å². The lowest BCUT2D eigenvalue weighted by Crippen LogP contribution is -2.48. The Morgan fingerprint density at radius 1 is 0.412 bits per heavy atom. The highest BCUT2D eigenvalue weighted by atomic mass is 16.6. The highest BCUT2D eigenvalue weighted by molar-refractivity contribution is 5.94. The Kier molecular flexibility index (Phi) is 22.3. The average Bonchev–Trinajstić information content (AvgIpc) is 1.61. The first-order valence-corrected chi connectivity index (χ1v) is 35.5. The Morgan fingerprint density at radius 3 is 1.07 bits per heavy atom. The van der Waals surface area contributed by atoms with Crippen LogP contribution in [0.1, 0.15) is 147 Å². The van der Waals surface area contributed by atoms with E-state index in [9.17, 15) is 24.0 Å². The molecule has 9 heterocycles. The largest absolute Gasteiger partial charge is 0.445 e. The summed E-state index contributed by atoms with van der Waals surface area (Å²) in [5.41, 5.74) is 9.53. The number of anilines is 3. The minimum absolute atomic E-state index is 0.0402. The van der Waals surface area contributed by atoms with Gasteiger partial charge in [0.25, 0.3) is 0 Å². The van der Waals surface area contributed by atoms with Gasteiger partial charge in [0, 0.05) is 128 Å². The predicted octanol–water partition coefficient (Wildman–Crippen LogP) is 11.0. The number of rotatable bonds is 8. The number of piperidine rings is 3. The molecule has 0 bridgehead atoms.